The van der Waals surface area contributed by atoms with E-state index in [2.05, 4.69) is 59.5 Å². The van der Waals surface area contributed by atoms with E-state index in [-0.39, 0.29) is 24.8 Å². The quantitative estimate of drug-likeness (QED) is 0.108. The van der Waals surface area contributed by atoms with E-state index in [9.17, 15) is 14.1 Å². The van der Waals surface area contributed by atoms with Gasteiger partial charge in [0.2, 0.25) is 0 Å². The van der Waals surface area contributed by atoms with Crippen molar-refractivity contribution < 1.29 is 37.7 Å². The van der Waals surface area contributed by atoms with Crippen molar-refractivity contribution in [2.75, 3.05) is 12.4 Å². The summed E-state index contributed by atoms with van der Waals surface area (Å²) in [6, 6.07) is 25.5. The van der Waals surface area contributed by atoms with Gasteiger partial charge in [0.15, 0.2) is 5.13 Å². The first-order valence-corrected chi connectivity index (χ1v) is 18.1. The van der Waals surface area contributed by atoms with Crippen molar-refractivity contribution in [2.45, 2.75) is 44.2 Å². The summed E-state index contributed by atoms with van der Waals surface area (Å²) in [6.45, 7) is 13.4. The number of aryl methyl sites for hydroxylation is 1. The summed E-state index contributed by atoms with van der Waals surface area (Å²) < 4.78 is 15.6. The van der Waals surface area contributed by atoms with E-state index in [4.69, 9.17) is 4.74 Å². The Morgan fingerprint density at radius 2 is 1.71 bits per heavy atom. The smallest absolute Gasteiger partial charge is 0.497 e. The second-order valence-corrected chi connectivity index (χ2v) is 13.8. The van der Waals surface area contributed by atoms with Gasteiger partial charge in [0.05, 0.1) is 12.8 Å². The van der Waals surface area contributed by atoms with Crippen LogP contribution < -0.4 is 34.2 Å². The van der Waals surface area contributed by atoms with Crippen LogP contribution in [0.3, 0.4) is 0 Å². The van der Waals surface area contributed by atoms with E-state index in [0.717, 1.165) is 39.0 Å². The molecule has 2 heterocycles. The van der Waals surface area contributed by atoms with Crippen LogP contribution in [0.5, 0.6) is 5.75 Å². The number of hydrogen-bond donors (Lipinski definition) is 3. The molecule has 0 aliphatic heterocycles. The number of thiazole rings is 1. The number of methoxy groups -OCH3 is 1. The molecule has 0 aliphatic carbocycles. The minimum absolute atomic E-state index is 0. The van der Waals surface area contributed by atoms with E-state index in [1.54, 1.807) is 49.8 Å². The zero-order chi connectivity index (χ0) is 35.1. The summed E-state index contributed by atoms with van der Waals surface area (Å²) in [5, 5.41) is 19.0. The van der Waals surface area contributed by atoms with Crippen molar-refractivity contribution in [1.29, 1.82) is 0 Å². The van der Waals surface area contributed by atoms with Gasteiger partial charge in [-0.25, -0.2) is 16.2 Å². The molecule has 8 nitrogen and oxygen atoms in total. The Morgan fingerprint density at radius 3 is 2.29 bits per heavy atom. The standard InChI is InChI=1S/C26H25N4O2S.C7H7O2S2.C4H9.Li/c1-17-11-21(25(32)29-23(18(2)31)13-19-7-4-3-5-8-19)14-22(12-17)28-26-30-24(16-33-26)20-9-6-10-27-15-20;1-9-6-2-4-7(5-3-6)11(8)10;1-4(2)3;/h3-12,14-16,18,23,31H,2,13H2,1H3,(H,28,30)(H,29,32);2-5H,1H3;4H,1H2,2-3H3;/q3*-1;+1/t18-,23+;;;/m1.../s1. The molecule has 1 amide bonds. The van der Waals surface area contributed by atoms with Gasteiger partial charge >= 0.3 is 18.9 Å². The number of aliphatic hydroxyl groups is 1. The van der Waals surface area contributed by atoms with Crippen molar-refractivity contribution >= 4 is 48.6 Å². The normalized spacial score (nSPS) is 11.5. The fourth-order valence-electron chi connectivity index (χ4n) is 4.18. The van der Waals surface area contributed by atoms with Crippen molar-refractivity contribution in [3.8, 4) is 17.0 Å². The second-order valence-electron chi connectivity index (χ2n) is 11.1. The Hall–Kier alpha value is -3.56. The minimum atomic E-state index is -1.31. The van der Waals surface area contributed by atoms with Gasteiger partial charge in [0.1, 0.15) is 5.75 Å². The van der Waals surface area contributed by atoms with Gasteiger partial charge in [-0.05, 0) is 73.0 Å². The van der Waals surface area contributed by atoms with E-state index >= 15 is 0 Å². The molecular weight excluding hydrogens is 668 g/mol. The summed E-state index contributed by atoms with van der Waals surface area (Å²) >= 11 is 6.04. The molecule has 49 heavy (non-hydrogen) atoms. The van der Waals surface area contributed by atoms with Gasteiger partial charge in [-0.3, -0.25) is 9.78 Å². The first kappa shape index (κ1) is 41.6. The Balaban J connectivity index is 0.000000434. The number of benzene rings is 3. The summed E-state index contributed by atoms with van der Waals surface area (Å²) in [6.07, 6.45) is 3.06. The number of nitrogens with one attached hydrogen (secondary N) is 2. The monoisotopic (exact) mass is 708 g/mol. The number of ether oxygens (including phenoxy) is 1. The zero-order valence-electron chi connectivity index (χ0n) is 28.5. The van der Waals surface area contributed by atoms with Gasteiger partial charge in [-0.1, -0.05) is 56.3 Å². The predicted molar refractivity (Wildman–Crippen MR) is 199 cm³/mol. The molecule has 254 valence electrons. The second kappa shape index (κ2) is 21.5. The summed E-state index contributed by atoms with van der Waals surface area (Å²) in [5.41, 5.74) is 5.01. The summed E-state index contributed by atoms with van der Waals surface area (Å²) in [7, 11) is 0.272. The Morgan fingerprint density at radius 1 is 1.04 bits per heavy atom. The van der Waals surface area contributed by atoms with Crippen LogP contribution in [0.25, 0.3) is 11.3 Å². The number of aromatic nitrogens is 2. The fourth-order valence-corrected chi connectivity index (χ4v) is 5.61. The third kappa shape index (κ3) is 14.8. The molecule has 2 atom stereocenters. The van der Waals surface area contributed by atoms with Crippen molar-refractivity contribution in [3.05, 3.63) is 133 Å². The first-order valence-electron chi connectivity index (χ1n) is 15.1. The maximum atomic E-state index is 13.0. The van der Waals surface area contributed by atoms with Gasteiger partial charge in [-0.2, -0.15) is 15.3 Å². The number of pyridine rings is 1. The number of nitrogens with zero attached hydrogens (tertiary/aromatic N) is 2. The predicted octanol–water partition coefficient (Wildman–Crippen LogP) is 4.75. The Bertz CT molecular complexity index is 1770. The SMILES string of the molecule is COc1ccc([S-](=O)=S)cc1.[CH2-]C(C)C.[CH2-][C@@H](O)[C@H](Cc1ccccc1)NC(=O)c1cc(C)cc(Nc2nc(-c3cccnc3)cs2)c1.[Li+]. The molecule has 12 heteroatoms. The number of carbonyl (C=O) groups excluding carboxylic acids is 1. The van der Waals surface area contributed by atoms with E-state index in [1.165, 1.54) is 11.3 Å². The molecule has 0 saturated heterocycles. The number of carbonyl (C=O) groups is 1. The maximum Gasteiger partial charge on any atom is 1.00 e. The Kier molecular flexibility index (Phi) is 18.3. The van der Waals surface area contributed by atoms with Crippen molar-refractivity contribution in [2.24, 2.45) is 5.92 Å². The average molecular weight is 709 g/mol. The van der Waals surface area contributed by atoms with Crippen molar-refractivity contribution in [3.63, 3.8) is 0 Å². The van der Waals surface area contributed by atoms with Crippen LogP contribution in [0.15, 0.2) is 108 Å². The van der Waals surface area contributed by atoms with Crippen LogP contribution in [0, 0.1) is 26.7 Å². The number of anilines is 2. The molecule has 0 unspecified atom stereocenters. The van der Waals surface area contributed by atoms with Crippen molar-refractivity contribution in [1.82, 2.24) is 15.3 Å². The maximum absolute atomic E-state index is 13.0. The summed E-state index contributed by atoms with van der Waals surface area (Å²) in [4.78, 5) is 22.4. The molecule has 2 aromatic heterocycles. The molecule has 3 aromatic carbocycles. The molecular formula is C37H41LiN4O4S3-2. The molecule has 0 aliphatic rings. The molecule has 0 saturated carbocycles. The van der Waals surface area contributed by atoms with Crippen LogP contribution in [0.1, 0.15) is 35.3 Å². The fraction of sp³-hybridized carbons (Fsp3) is 0.216. The topological polar surface area (TPSA) is 113 Å². The van der Waals surface area contributed by atoms with Crippen LogP contribution >= 0.6 is 11.3 Å². The number of rotatable bonds is 10. The number of hydrogen-bond acceptors (Lipinski definition) is 10. The van der Waals surface area contributed by atoms with Crippen LogP contribution in [-0.2, 0) is 31.2 Å². The molecule has 0 fully saturated rings. The third-order valence-corrected chi connectivity index (χ3v) is 8.38. The van der Waals surface area contributed by atoms with Crippen LogP contribution in [0.4, 0.5) is 10.8 Å². The summed E-state index contributed by atoms with van der Waals surface area (Å²) in [5.74, 6) is 1.06. The van der Waals surface area contributed by atoms with Crippen LogP contribution in [-0.4, -0.2) is 40.2 Å². The minimum Gasteiger partial charge on any atom is -0.497 e. The first-order chi connectivity index (χ1) is 22.9. The molecule has 0 spiro atoms. The van der Waals surface area contributed by atoms with Gasteiger partial charge in [0, 0.05) is 40.6 Å². The largest absolute Gasteiger partial charge is 1.00 e. The van der Waals surface area contributed by atoms with Gasteiger partial charge in [0.25, 0.3) is 5.91 Å². The third-order valence-electron chi connectivity index (χ3n) is 6.38. The zero-order valence-corrected chi connectivity index (χ0v) is 30.9. The van der Waals surface area contributed by atoms with Gasteiger partial charge in [-0.15, -0.1) is 16.2 Å². The number of aliphatic hydroxyl groups excluding tert-OH is 1. The van der Waals surface area contributed by atoms with Gasteiger partial charge < -0.3 is 38.5 Å². The Labute approximate surface area is 312 Å². The van der Waals surface area contributed by atoms with E-state index < -0.39 is 21.5 Å². The molecule has 3 N–H and O–H groups in total. The van der Waals surface area contributed by atoms with E-state index in [1.807, 2.05) is 66.9 Å². The molecule has 5 aromatic rings. The molecule has 0 radical (unpaired) electrons. The van der Waals surface area contributed by atoms with Crippen LogP contribution in [0.2, 0.25) is 0 Å². The number of amides is 1. The molecule has 5 rings (SSSR count). The van der Waals surface area contributed by atoms with E-state index in [0.29, 0.717) is 22.8 Å². The average Bonchev–Trinajstić information content (AvgIpc) is 3.53. The molecule has 0 bridgehead atoms.